The van der Waals surface area contributed by atoms with Gasteiger partial charge in [-0.25, -0.2) is 0 Å². The highest BCUT2D eigenvalue weighted by Gasteiger charge is 2.28. The van der Waals surface area contributed by atoms with Crippen molar-refractivity contribution in [1.82, 2.24) is 10.2 Å². The fourth-order valence-electron chi connectivity index (χ4n) is 2.55. The van der Waals surface area contributed by atoms with Crippen LogP contribution in [-0.2, 0) is 16.0 Å². The Morgan fingerprint density at radius 2 is 2.05 bits per heavy atom. The number of aryl methyl sites for hydroxylation is 1. The van der Waals surface area contributed by atoms with E-state index < -0.39 is 6.04 Å². The molecule has 6 heteroatoms. The van der Waals surface area contributed by atoms with E-state index in [0.29, 0.717) is 37.4 Å². The summed E-state index contributed by atoms with van der Waals surface area (Å²) in [5, 5.41) is 2.75. The van der Waals surface area contributed by atoms with Crippen LogP contribution in [0.25, 0.3) is 0 Å². The van der Waals surface area contributed by atoms with Gasteiger partial charge in [-0.15, -0.1) is 0 Å². The van der Waals surface area contributed by atoms with Crippen molar-refractivity contribution in [2.45, 2.75) is 25.8 Å². The highest BCUT2D eigenvalue weighted by Crippen LogP contribution is 2.28. The fraction of sp³-hybridized carbons (Fsp3) is 0.500. The number of nitrogens with one attached hydrogen (secondary N) is 1. The number of benzene rings is 1. The second-order valence-electron chi connectivity index (χ2n) is 5.24. The monoisotopic (exact) mass is 306 g/mol. The van der Waals surface area contributed by atoms with Crippen LogP contribution in [0.15, 0.2) is 18.2 Å². The summed E-state index contributed by atoms with van der Waals surface area (Å²) in [5.74, 6) is 1.22. The van der Waals surface area contributed by atoms with Gasteiger partial charge in [0.1, 0.15) is 6.04 Å². The smallest absolute Gasteiger partial charge is 0.242 e. The Bertz CT molecular complexity index is 559. The van der Waals surface area contributed by atoms with Crippen molar-refractivity contribution in [3.8, 4) is 11.5 Å². The molecule has 0 radical (unpaired) electrons. The number of carbonyl (C=O) groups is 2. The van der Waals surface area contributed by atoms with Crippen molar-refractivity contribution in [3.05, 3.63) is 23.8 Å². The number of ether oxygens (including phenoxy) is 2. The van der Waals surface area contributed by atoms with Crippen LogP contribution in [0.3, 0.4) is 0 Å². The average molecular weight is 306 g/mol. The molecule has 0 spiro atoms. The van der Waals surface area contributed by atoms with E-state index in [1.165, 1.54) is 0 Å². The lowest BCUT2D eigenvalue weighted by atomic mass is 10.1. The van der Waals surface area contributed by atoms with Gasteiger partial charge in [0.2, 0.25) is 11.8 Å². The lowest BCUT2D eigenvalue weighted by molar-refractivity contribution is -0.142. The molecule has 1 N–H and O–H groups in total. The van der Waals surface area contributed by atoms with Crippen LogP contribution in [0.2, 0.25) is 0 Å². The zero-order valence-electron chi connectivity index (χ0n) is 13.2. The van der Waals surface area contributed by atoms with Crippen LogP contribution in [0.4, 0.5) is 0 Å². The zero-order chi connectivity index (χ0) is 16.1. The van der Waals surface area contributed by atoms with Gasteiger partial charge in [0.15, 0.2) is 11.5 Å². The third kappa shape index (κ3) is 3.50. The minimum absolute atomic E-state index is 0.00265. The van der Waals surface area contributed by atoms with E-state index >= 15 is 0 Å². The predicted octanol–water partition coefficient (Wildman–Crippen LogP) is 0.983. The minimum Gasteiger partial charge on any atom is -0.493 e. The lowest BCUT2D eigenvalue weighted by Crippen LogP contribution is -2.55. The highest BCUT2D eigenvalue weighted by atomic mass is 16.5. The van der Waals surface area contributed by atoms with Gasteiger partial charge in [-0.3, -0.25) is 9.59 Å². The van der Waals surface area contributed by atoms with Crippen LogP contribution >= 0.6 is 0 Å². The fourth-order valence-corrected chi connectivity index (χ4v) is 2.55. The SMILES string of the molecule is COc1ccc(CCC(=O)N2CCNC(=O)C2C)cc1OC. The van der Waals surface area contributed by atoms with E-state index in [0.717, 1.165) is 5.56 Å². The standard InChI is InChI=1S/C16H22N2O4/c1-11-16(20)17-8-9-18(11)15(19)7-5-12-4-6-13(21-2)14(10-12)22-3/h4,6,10-11H,5,7-9H2,1-3H3,(H,17,20). The van der Waals surface area contributed by atoms with E-state index in [1.54, 1.807) is 26.0 Å². The molecule has 0 bridgehead atoms. The maximum Gasteiger partial charge on any atom is 0.242 e. The Morgan fingerprint density at radius 3 is 2.73 bits per heavy atom. The molecule has 1 atom stereocenters. The largest absolute Gasteiger partial charge is 0.493 e. The summed E-state index contributed by atoms with van der Waals surface area (Å²) >= 11 is 0. The molecule has 2 amide bonds. The number of hydrogen-bond acceptors (Lipinski definition) is 4. The van der Waals surface area contributed by atoms with Crippen LogP contribution in [0.1, 0.15) is 18.9 Å². The number of methoxy groups -OCH3 is 2. The molecule has 22 heavy (non-hydrogen) atoms. The summed E-state index contributed by atoms with van der Waals surface area (Å²) in [6.07, 6.45) is 0.969. The maximum atomic E-state index is 12.3. The Balaban J connectivity index is 1.97. The topological polar surface area (TPSA) is 67.9 Å². The normalized spacial score (nSPS) is 17.9. The summed E-state index contributed by atoms with van der Waals surface area (Å²) in [6.45, 7) is 2.84. The average Bonchev–Trinajstić information content (AvgIpc) is 2.54. The Kier molecular flexibility index (Phi) is 5.25. The van der Waals surface area contributed by atoms with Gasteiger partial charge in [-0.1, -0.05) is 6.07 Å². The molecule has 0 saturated carbocycles. The molecule has 1 aromatic rings. The highest BCUT2D eigenvalue weighted by molar-refractivity contribution is 5.88. The number of rotatable bonds is 5. The molecule has 0 aromatic heterocycles. The Hall–Kier alpha value is -2.24. The number of nitrogens with zero attached hydrogens (tertiary/aromatic N) is 1. The third-order valence-corrected chi connectivity index (χ3v) is 3.89. The van der Waals surface area contributed by atoms with Crippen molar-refractivity contribution in [2.75, 3.05) is 27.3 Å². The quantitative estimate of drug-likeness (QED) is 0.880. The van der Waals surface area contributed by atoms with Gasteiger partial charge < -0.3 is 19.7 Å². The number of piperazine rings is 1. The first-order valence-corrected chi connectivity index (χ1v) is 7.35. The van der Waals surface area contributed by atoms with Crippen molar-refractivity contribution in [1.29, 1.82) is 0 Å². The Labute approximate surface area is 130 Å². The molecule has 1 fully saturated rings. The maximum absolute atomic E-state index is 12.3. The van der Waals surface area contributed by atoms with Crippen LogP contribution in [0.5, 0.6) is 11.5 Å². The van der Waals surface area contributed by atoms with E-state index in [1.807, 2.05) is 18.2 Å². The first-order valence-electron chi connectivity index (χ1n) is 7.35. The predicted molar refractivity (Wildman–Crippen MR) is 82.1 cm³/mol. The third-order valence-electron chi connectivity index (χ3n) is 3.89. The van der Waals surface area contributed by atoms with Crippen LogP contribution < -0.4 is 14.8 Å². The molecular formula is C16H22N2O4. The first-order chi connectivity index (χ1) is 10.6. The van der Waals surface area contributed by atoms with Crippen LogP contribution in [-0.4, -0.2) is 50.1 Å². The van der Waals surface area contributed by atoms with E-state index in [4.69, 9.17) is 9.47 Å². The van der Waals surface area contributed by atoms with Gasteiger partial charge in [0.05, 0.1) is 14.2 Å². The zero-order valence-corrected chi connectivity index (χ0v) is 13.2. The van der Waals surface area contributed by atoms with E-state index in [9.17, 15) is 9.59 Å². The molecule has 1 aromatic carbocycles. The molecule has 1 aliphatic heterocycles. The molecule has 1 aliphatic rings. The van der Waals surface area contributed by atoms with Crippen molar-refractivity contribution in [2.24, 2.45) is 0 Å². The minimum atomic E-state index is -0.397. The van der Waals surface area contributed by atoms with Gasteiger partial charge in [-0.2, -0.15) is 0 Å². The summed E-state index contributed by atoms with van der Waals surface area (Å²) in [6, 6.07) is 5.22. The van der Waals surface area contributed by atoms with Gasteiger partial charge in [0, 0.05) is 19.5 Å². The van der Waals surface area contributed by atoms with Crippen molar-refractivity contribution < 1.29 is 19.1 Å². The summed E-state index contributed by atoms with van der Waals surface area (Å²) in [7, 11) is 3.17. The molecule has 2 rings (SSSR count). The van der Waals surface area contributed by atoms with Crippen molar-refractivity contribution >= 4 is 11.8 Å². The lowest BCUT2D eigenvalue weighted by Gasteiger charge is -2.32. The van der Waals surface area contributed by atoms with Gasteiger partial charge >= 0.3 is 0 Å². The first kappa shape index (κ1) is 16.1. The van der Waals surface area contributed by atoms with Crippen LogP contribution in [0, 0.1) is 0 Å². The van der Waals surface area contributed by atoms with Gasteiger partial charge in [-0.05, 0) is 31.0 Å². The second kappa shape index (κ2) is 7.15. The second-order valence-corrected chi connectivity index (χ2v) is 5.24. The summed E-state index contributed by atoms with van der Waals surface area (Å²) in [4.78, 5) is 25.5. The summed E-state index contributed by atoms with van der Waals surface area (Å²) < 4.78 is 10.5. The molecule has 1 heterocycles. The molecular weight excluding hydrogens is 284 g/mol. The van der Waals surface area contributed by atoms with E-state index in [2.05, 4.69) is 5.32 Å². The number of hydrogen-bond donors (Lipinski definition) is 1. The van der Waals surface area contributed by atoms with E-state index in [-0.39, 0.29) is 11.8 Å². The molecule has 6 nitrogen and oxygen atoms in total. The molecule has 1 saturated heterocycles. The molecule has 0 aliphatic carbocycles. The molecule has 120 valence electrons. The van der Waals surface area contributed by atoms with Gasteiger partial charge in [0.25, 0.3) is 0 Å². The molecule has 1 unspecified atom stereocenters. The van der Waals surface area contributed by atoms with Crippen molar-refractivity contribution in [3.63, 3.8) is 0 Å². The Morgan fingerprint density at radius 1 is 1.32 bits per heavy atom. The number of amides is 2. The number of carbonyl (C=O) groups excluding carboxylic acids is 2. The summed E-state index contributed by atoms with van der Waals surface area (Å²) in [5.41, 5.74) is 1.00.